The molecule has 0 saturated heterocycles. The van der Waals surface area contributed by atoms with Crippen LogP contribution in [0.4, 0.5) is 0 Å². The quantitative estimate of drug-likeness (QED) is 0.0253. The molecule has 10 nitrogen and oxygen atoms in total. The second-order valence-electron chi connectivity index (χ2n) is 17.7. The van der Waals surface area contributed by atoms with E-state index in [1.54, 1.807) is 36.0 Å². The van der Waals surface area contributed by atoms with E-state index in [9.17, 15) is 35.5 Å². The Morgan fingerprint density at radius 2 is 0.603 bits per heavy atom. The summed E-state index contributed by atoms with van der Waals surface area (Å²) in [5.74, 6) is -0.842. The first-order chi connectivity index (χ1) is 29.7. The van der Waals surface area contributed by atoms with Crippen LogP contribution >= 0.6 is 0 Å². The number of allylic oxidation sites excluding steroid dienone is 2. The van der Waals surface area contributed by atoms with Crippen LogP contribution in [0.5, 0.6) is 0 Å². The van der Waals surface area contributed by atoms with E-state index in [4.69, 9.17) is 0 Å². The zero-order valence-corrected chi connectivity index (χ0v) is 45.1. The Kier molecular flexibility index (Phi) is 52.4. The SMILES string of the molecule is CCCCCCCCCCCCCCCCC/C=C/C(=O)N(C)CCCCS(=O)(=O)[O-].CCCCCCCCCCCCCCCCC/C=C/C(=O)N(C)CCCCS(=O)(=O)[O-].[Ca+2]. The molecule has 0 aromatic rings. The monoisotopic (exact) mass is 957 g/mol. The van der Waals surface area contributed by atoms with E-state index in [0.29, 0.717) is 38.8 Å². The molecule has 0 aliphatic carbocycles. The third kappa shape index (κ3) is 57.6. The Balaban J connectivity index is -0.00000112. The van der Waals surface area contributed by atoms with Gasteiger partial charge in [0.15, 0.2) is 0 Å². The van der Waals surface area contributed by atoms with Gasteiger partial charge in [0, 0.05) is 38.7 Å². The van der Waals surface area contributed by atoms with E-state index < -0.39 is 20.2 Å². The molecule has 0 unspecified atom stereocenters. The van der Waals surface area contributed by atoms with Crippen LogP contribution in [-0.2, 0) is 29.8 Å². The van der Waals surface area contributed by atoms with Gasteiger partial charge in [0.2, 0.25) is 11.8 Å². The second kappa shape index (κ2) is 49.4. The minimum absolute atomic E-state index is 0. The molecule has 0 N–H and O–H groups in total. The summed E-state index contributed by atoms with van der Waals surface area (Å²) in [4.78, 5) is 27.0. The predicted molar refractivity (Wildman–Crippen MR) is 266 cm³/mol. The molecular formula is C50H96CaN2O8S2. The largest absolute Gasteiger partial charge is 2.00 e. The first kappa shape index (κ1) is 66.8. The molecule has 0 aliphatic heterocycles. The van der Waals surface area contributed by atoms with Crippen LogP contribution in [0, 0.1) is 0 Å². The molecule has 0 bridgehead atoms. The Hall–Kier alpha value is -0.500. The maximum Gasteiger partial charge on any atom is 2.00 e. The number of carbonyl (C=O) groups excluding carboxylic acids is 2. The molecule has 0 aromatic carbocycles. The van der Waals surface area contributed by atoms with E-state index in [2.05, 4.69) is 13.8 Å². The van der Waals surface area contributed by atoms with Gasteiger partial charge in [-0.05, 0) is 63.5 Å². The van der Waals surface area contributed by atoms with Gasteiger partial charge in [-0.15, -0.1) is 0 Å². The number of unbranched alkanes of at least 4 members (excludes halogenated alkanes) is 32. The molecule has 63 heavy (non-hydrogen) atoms. The topological polar surface area (TPSA) is 155 Å². The fourth-order valence-electron chi connectivity index (χ4n) is 7.37. The van der Waals surface area contributed by atoms with E-state index in [-0.39, 0.29) is 61.1 Å². The van der Waals surface area contributed by atoms with Crippen molar-refractivity contribution >= 4 is 69.8 Å². The van der Waals surface area contributed by atoms with Gasteiger partial charge in [0.25, 0.3) is 0 Å². The molecular weight excluding hydrogens is 861 g/mol. The standard InChI is InChI=1S/2C25H49NO4S.Ca/c2*1-3-4-5-6-7-8-9-10-11-12-13-14-15-16-17-18-19-22-25(27)26(2)23-20-21-24-31(28,29)30;/h2*19,22H,3-18,20-21,23-24H2,1-2H3,(H,28,29,30);/q;;+2/p-2/b2*22-19+;. The van der Waals surface area contributed by atoms with Crippen LogP contribution in [0.2, 0.25) is 0 Å². The van der Waals surface area contributed by atoms with Crippen LogP contribution in [-0.4, -0.2) is 124 Å². The average Bonchev–Trinajstić information content (AvgIpc) is 3.22. The second-order valence-corrected chi connectivity index (χ2v) is 20.8. The Morgan fingerprint density at radius 3 is 0.825 bits per heavy atom. The normalized spacial score (nSPS) is 11.8. The van der Waals surface area contributed by atoms with Gasteiger partial charge in [-0.1, -0.05) is 206 Å². The van der Waals surface area contributed by atoms with Crippen molar-refractivity contribution in [3.63, 3.8) is 0 Å². The number of likely N-dealkylation sites (N-methyl/N-ethyl adjacent to an activating group) is 2. The molecule has 0 spiro atoms. The molecule has 0 heterocycles. The van der Waals surface area contributed by atoms with Gasteiger partial charge >= 0.3 is 37.7 Å². The van der Waals surface area contributed by atoms with Crippen molar-refractivity contribution in [2.75, 3.05) is 38.7 Å². The van der Waals surface area contributed by atoms with Gasteiger partial charge in [-0.2, -0.15) is 0 Å². The van der Waals surface area contributed by atoms with Crippen molar-refractivity contribution in [3.8, 4) is 0 Å². The summed E-state index contributed by atoms with van der Waals surface area (Å²) in [6, 6.07) is 0. The van der Waals surface area contributed by atoms with Gasteiger partial charge in [-0.25, -0.2) is 16.8 Å². The summed E-state index contributed by atoms with van der Waals surface area (Å²) in [5.41, 5.74) is 0. The number of rotatable bonds is 44. The summed E-state index contributed by atoms with van der Waals surface area (Å²) in [7, 11) is -4.90. The van der Waals surface area contributed by atoms with Crippen LogP contribution in [0.15, 0.2) is 24.3 Å². The van der Waals surface area contributed by atoms with Gasteiger partial charge < -0.3 is 18.9 Å². The first-order valence-electron chi connectivity index (χ1n) is 25.4. The molecule has 0 atom stereocenters. The summed E-state index contributed by atoms with van der Waals surface area (Å²) in [6.45, 7) is 5.48. The fraction of sp³-hybridized carbons (Fsp3) is 0.880. The smallest absolute Gasteiger partial charge is 0.748 e. The van der Waals surface area contributed by atoms with E-state index >= 15 is 0 Å². The van der Waals surface area contributed by atoms with Gasteiger partial charge in [0.05, 0.1) is 20.2 Å². The maximum atomic E-state index is 12.0. The van der Waals surface area contributed by atoms with Crippen molar-refractivity contribution in [3.05, 3.63) is 24.3 Å². The maximum absolute atomic E-state index is 12.0. The molecule has 0 aliphatic rings. The summed E-state index contributed by atoms with van der Waals surface area (Å²) in [6.07, 6.45) is 51.1. The molecule has 0 rings (SSSR count). The fourth-order valence-corrected chi connectivity index (χ4v) is 8.48. The van der Waals surface area contributed by atoms with E-state index in [0.717, 1.165) is 25.7 Å². The van der Waals surface area contributed by atoms with Crippen LogP contribution in [0.25, 0.3) is 0 Å². The zero-order chi connectivity index (χ0) is 46.4. The number of hydrogen-bond donors (Lipinski definition) is 0. The van der Waals surface area contributed by atoms with Crippen LogP contribution in [0.1, 0.15) is 245 Å². The van der Waals surface area contributed by atoms with Crippen molar-refractivity contribution in [2.24, 2.45) is 0 Å². The first-order valence-corrected chi connectivity index (χ1v) is 28.6. The molecule has 0 fully saturated rings. The average molecular weight is 958 g/mol. The number of carbonyl (C=O) groups is 2. The summed E-state index contributed by atoms with van der Waals surface area (Å²) < 4.78 is 63.3. The Morgan fingerprint density at radius 1 is 0.381 bits per heavy atom. The van der Waals surface area contributed by atoms with Crippen molar-refractivity contribution in [1.82, 2.24) is 9.80 Å². The van der Waals surface area contributed by atoms with Crippen molar-refractivity contribution in [1.29, 1.82) is 0 Å². The third-order valence-electron chi connectivity index (χ3n) is 11.5. The van der Waals surface area contributed by atoms with Gasteiger partial charge in [-0.3, -0.25) is 9.59 Å². The van der Waals surface area contributed by atoms with Crippen LogP contribution in [0.3, 0.4) is 0 Å². The Labute approximate surface area is 419 Å². The number of amides is 2. The van der Waals surface area contributed by atoms with E-state index in [1.807, 2.05) is 12.2 Å². The van der Waals surface area contributed by atoms with Crippen LogP contribution < -0.4 is 0 Å². The minimum Gasteiger partial charge on any atom is -0.748 e. The predicted octanol–water partition coefficient (Wildman–Crippen LogP) is 12.8. The molecule has 0 saturated carbocycles. The number of hydrogen-bond acceptors (Lipinski definition) is 8. The molecule has 0 aromatic heterocycles. The van der Waals surface area contributed by atoms with Gasteiger partial charge in [0.1, 0.15) is 0 Å². The molecule has 13 heteroatoms. The summed E-state index contributed by atoms with van der Waals surface area (Å²) >= 11 is 0. The minimum atomic E-state index is -4.15. The third-order valence-corrected chi connectivity index (χ3v) is 13.1. The zero-order valence-electron chi connectivity index (χ0n) is 41.3. The Bertz CT molecular complexity index is 1200. The van der Waals surface area contributed by atoms with Crippen molar-refractivity contribution in [2.45, 2.75) is 245 Å². The summed E-state index contributed by atoms with van der Waals surface area (Å²) in [5, 5.41) is 0. The van der Waals surface area contributed by atoms with Crippen molar-refractivity contribution < 1.29 is 35.5 Å². The molecule has 368 valence electrons. The number of nitrogens with zero attached hydrogens (tertiary/aromatic N) is 2. The molecule has 2 amide bonds. The van der Waals surface area contributed by atoms with E-state index in [1.165, 1.54) is 180 Å². The molecule has 0 radical (unpaired) electrons.